The van der Waals surface area contributed by atoms with Crippen molar-refractivity contribution >= 4 is 0 Å². The van der Waals surface area contributed by atoms with Gasteiger partial charge in [0.05, 0.1) is 18.1 Å². The molecule has 1 unspecified atom stereocenters. The summed E-state index contributed by atoms with van der Waals surface area (Å²) in [6, 6.07) is 2.40. The van der Waals surface area contributed by atoms with Crippen molar-refractivity contribution < 1.29 is 9.84 Å². The second-order valence-corrected chi connectivity index (χ2v) is 4.94. The first-order chi connectivity index (χ1) is 7.22. The molecule has 0 radical (unpaired) electrons. The zero-order valence-electron chi connectivity index (χ0n) is 9.17. The van der Waals surface area contributed by atoms with E-state index in [0.29, 0.717) is 6.61 Å². The molecule has 15 heavy (non-hydrogen) atoms. The molecule has 3 nitrogen and oxygen atoms in total. The summed E-state index contributed by atoms with van der Waals surface area (Å²) in [5.41, 5.74) is -1.42. The Morgan fingerprint density at radius 1 is 1.07 bits per heavy atom. The quantitative estimate of drug-likeness (QED) is 0.718. The van der Waals surface area contributed by atoms with Crippen LogP contribution in [0.2, 0.25) is 0 Å². The van der Waals surface area contributed by atoms with Crippen molar-refractivity contribution in [2.45, 2.75) is 50.5 Å². The van der Waals surface area contributed by atoms with E-state index in [0.717, 1.165) is 45.1 Å². The molecule has 3 heteroatoms. The highest BCUT2D eigenvalue weighted by molar-refractivity contribution is 5.13. The molecule has 0 aromatic heterocycles. The van der Waals surface area contributed by atoms with Crippen LogP contribution in [0, 0.1) is 16.7 Å². The number of aliphatic hydroxyl groups is 1. The Labute approximate surface area is 91.0 Å². The summed E-state index contributed by atoms with van der Waals surface area (Å²) in [6.07, 6.45) is 6.60. The number of nitriles is 1. The molecule has 0 amide bonds. The van der Waals surface area contributed by atoms with E-state index < -0.39 is 11.0 Å². The maximum atomic E-state index is 10.6. The summed E-state index contributed by atoms with van der Waals surface area (Å²) in [5.74, 6) is 0. The molecule has 1 saturated heterocycles. The van der Waals surface area contributed by atoms with Crippen LogP contribution in [0.15, 0.2) is 0 Å². The highest BCUT2D eigenvalue weighted by atomic mass is 16.5. The minimum atomic E-state index is -0.888. The topological polar surface area (TPSA) is 53.2 Å². The van der Waals surface area contributed by atoms with Gasteiger partial charge in [-0.3, -0.25) is 0 Å². The lowest BCUT2D eigenvalue weighted by molar-refractivity contribution is -0.152. The molecule has 1 aliphatic carbocycles. The van der Waals surface area contributed by atoms with E-state index in [4.69, 9.17) is 4.74 Å². The third-order valence-electron chi connectivity index (χ3n) is 4.03. The lowest BCUT2D eigenvalue weighted by atomic mass is 9.62. The van der Waals surface area contributed by atoms with Crippen LogP contribution in [0.5, 0.6) is 0 Å². The molecule has 1 atom stereocenters. The fraction of sp³-hybridized carbons (Fsp3) is 0.917. The fourth-order valence-corrected chi connectivity index (χ4v) is 2.99. The van der Waals surface area contributed by atoms with Gasteiger partial charge in [0.25, 0.3) is 0 Å². The predicted molar refractivity (Wildman–Crippen MR) is 56.1 cm³/mol. The lowest BCUT2D eigenvalue weighted by Crippen LogP contribution is -2.53. The van der Waals surface area contributed by atoms with Crippen molar-refractivity contribution in [1.82, 2.24) is 0 Å². The summed E-state index contributed by atoms with van der Waals surface area (Å²) in [6.45, 7) is 1.07. The third kappa shape index (κ3) is 1.77. The molecule has 0 bridgehead atoms. The van der Waals surface area contributed by atoms with Crippen LogP contribution >= 0.6 is 0 Å². The van der Waals surface area contributed by atoms with Crippen molar-refractivity contribution in [3.05, 3.63) is 0 Å². The van der Waals surface area contributed by atoms with Crippen LogP contribution in [-0.4, -0.2) is 23.9 Å². The van der Waals surface area contributed by atoms with E-state index in [1.807, 2.05) is 0 Å². The minimum Gasteiger partial charge on any atom is -0.386 e. The van der Waals surface area contributed by atoms with Crippen molar-refractivity contribution in [2.24, 2.45) is 5.41 Å². The van der Waals surface area contributed by atoms with E-state index in [1.165, 1.54) is 6.42 Å². The molecule has 1 heterocycles. The van der Waals surface area contributed by atoms with Gasteiger partial charge >= 0.3 is 0 Å². The lowest BCUT2D eigenvalue weighted by Gasteiger charge is -2.46. The van der Waals surface area contributed by atoms with Gasteiger partial charge in [-0.25, -0.2) is 0 Å². The maximum absolute atomic E-state index is 10.6. The number of hydrogen-bond donors (Lipinski definition) is 1. The predicted octanol–water partition coefficient (Wildman–Crippen LogP) is 2.00. The van der Waals surface area contributed by atoms with Crippen LogP contribution in [0.25, 0.3) is 0 Å². The number of rotatable bonds is 1. The standard InChI is InChI=1S/C12H19NO2/c13-9-11(5-2-1-3-6-11)12(14)7-4-8-15-10-12/h14H,1-8,10H2. The second kappa shape index (κ2) is 4.11. The molecule has 0 spiro atoms. The van der Waals surface area contributed by atoms with Crippen molar-refractivity contribution in [1.29, 1.82) is 5.26 Å². The first-order valence-electron chi connectivity index (χ1n) is 5.94. The van der Waals surface area contributed by atoms with Crippen molar-refractivity contribution in [3.8, 4) is 6.07 Å². The van der Waals surface area contributed by atoms with Crippen molar-refractivity contribution in [2.75, 3.05) is 13.2 Å². The second-order valence-electron chi connectivity index (χ2n) is 4.94. The monoisotopic (exact) mass is 209 g/mol. The van der Waals surface area contributed by atoms with Gasteiger partial charge in [-0.1, -0.05) is 19.3 Å². The molecular weight excluding hydrogens is 190 g/mol. The molecular formula is C12H19NO2. The molecule has 2 fully saturated rings. The smallest absolute Gasteiger partial charge is 0.107 e. The highest BCUT2D eigenvalue weighted by Crippen LogP contribution is 2.47. The van der Waals surface area contributed by atoms with Gasteiger partial charge in [-0.05, 0) is 25.7 Å². The van der Waals surface area contributed by atoms with E-state index in [-0.39, 0.29) is 0 Å². The largest absolute Gasteiger partial charge is 0.386 e. The van der Waals surface area contributed by atoms with Gasteiger partial charge in [0, 0.05) is 6.61 Å². The third-order valence-corrected chi connectivity index (χ3v) is 4.03. The van der Waals surface area contributed by atoms with Crippen LogP contribution in [0.3, 0.4) is 0 Å². The van der Waals surface area contributed by atoms with Gasteiger partial charge in [0.1, 0.15) is 5.60 Å². The number of hydrogen-bond acceptors (Lipinski definition) is 3. The summed E-state index contributed by atoms with van der Waals surface area (Å²) >= 11 is 0. The minimum absolute atomic E-state index is 0.348. The van der Waals surface area contributed by atoms with Gasteiger partial charge in [-0.15, -0.1) is 0 Å². The van der Waals surface area contributed by atoms with E-state index in [9.17, 15) is 10.4 Å². The summed E-state index contributed by atoms with van der Waals surface area (Å²) < 4.78 is 5.36. The average Bonchev–Trinajstić information content (AvgIpc) is 2.31. The Kier molecular flexibility index (Phi) is 2.99. The van der Waals surface area contributed by atoms with E-state index in [2.05, 4.69) is 6.07 Å². The molecule has 2 aliphatic rings. The average molecular weight is 209 g/mol. The zero-order valence-corrected chi connectivity index (χ0v) is 9.17. The maximum Gasteiger partial charge on any atom is 0.107 e. The van der Waals surface area contributed by atoms with Gasteiger partial charge in [-0.2, -0.15) is 5.26 Å². The Hall–Kier alpha value is -0.590. The normalized spacial score (nSPS) is 35.7. The van der Waals surface area contributed by atoms with Crippen LogP contribution < -0.4 is 0 Å². The molecule has 1 N–H and O–H groups in total. The van der Waals surface area contributed by atoms with Crippen LogP contribution in [-0.2, 0) is 4.74 Å². The zero-order chi connectivity index (χ0) is 10.8. The molecule has 0 aromatic carbocycles. The fourth-order valence-electron chi connectivity index (χ4n) is 2.99. The van der Waals surface area contributed by atoms with Gasteiger partial charge < -0.3 is 9.84 Å². The first kappa shape index (κ1) is 10.9. The summed E-state index contributed by atoms with van der Waals surface area (Å²) in [7, 11) is 0. The Morgan fingerprint density at radius 3 is 2.33 bits per heavy atom. The molecule has 0 aromatic rings. The Morgan fingerprint density at radius 2 is 1.80 bits per heavy atom. The highest BCUT2D eigenvalue weighted by Gasteiger charge is 2.51. The molecule has 2 rings (SSSR count). The number of nitrogens with zero attached hydrogens (tertiary/aromatic N) is 1. The van der Waals surface area contributed by atoms with E-state index >= 15 is 0 Å². The molecule has 1 aliphatic heterocycles. The Balaban J connectivity index is 2.19. The first-order valence-corrected chi connectivity index (χ1v) is 5.94. The Bertz CT molecular complexity index is 257. The van der Waals surface area contributed by atoms with Gasteiger partial charge in [0.2, 0.25) is 0 Å². The van der Waals surface area contributed by atoms with E-state index in [1.54, 1.807) is 0 Å². The molecule has 84 valence electrons. The summed E-state index contributed by atoms with van der Waals surface area (Å²) in [4.78, 5) is 0. The van der Waals surface area contributed by atoms with Gasteiger partial charge in [0.15, 0.2) is 0 Å². The van der Waals surface area contributed by atoms with Crippen LogP contribution in [0.1, 0.15) is 44.9 Å². The summed E-state index contributed by atoms with van der Waals surface area (Å²) in [5, 5.41) is 20.0. The SMILES string of the molecule is N#CC1(C2(O)CCCOC2)CCCCC1. The van der Waals surface area contributed by atoms with Crippen molar-refractivity contribution in [3.63, 3.8) is 0 Å². The molecule has 1 saturated carbocycles. The number of ether oxygens (including phenoxy) is 1. The van der Waals surface area contributed by atoms with Crippen LogP contribution in [0.4, 0.5) is 0 Å².